The maximum Gasteiger partial charge on any atom is 0.148 e. The summed E-state index contributed by atoms with van der Waals surface area (Å²) in [6, 6.07) is 2.30. The van der Waals surface area contributed by atoms with Gasteiger partial charge in [-0.3, -0.25) is 4.68 Å². The van der Waals surface area contributed by atoms with Crippen molar-refractivity contribution in [1.29, 1.82) is 0 Å². The van der Waals surface area contributed by atoms with Gasteiger partial charge in [0.1, 0.15) is 5.82 Å². The van der Waals surface area contributed by atoms with Crippen molar-refractivity contribution in [3.8, 4) is 0 Å². The van der Waals surface area contributed by atoms with Crippen LogP contribution in [-0.2, 0) is 11.3 Å². The van der Waals surface area contributed by atoms with Crippen LogP contribution in [0.2, 0.25) is 0 Å². The van der Waals surface area contributed by atoms with E-state index in [-0.39, 0.29) is 0 Å². The monoisotopic (exact) mass is 225 g/mol. The number of aromatic nitrogens is 2. The third-order valence-electron chi connectivity index (χ3n) is 2.39. The van der Waals surface area contributed by atoms with E-state index in [0.717, 1.165) is 18.8 Å². The van der Waals surface area contributed by atoms with E-state index in [9.17, 15) is 0 Å². The zero-order valence-corrected chi connectivity index (χ0v) is 10.7. The number of aryl methyl sites for hydroxylation is 1. The Kier molecular flexibility index (Phi) is 5.32. The second-order valence-electron chi connectivity index (χ2n) is 4.65. The second kappa shape index (κ2) is 6.53. The fraction of sp³-hybridized carbons (Fsp3) is 0.750. The van der Waals surface area contributed by atoms with Crippen LogP contribution in [0.1, 0.15) is 27.2 Å². The minimum Gasteiger partial charge on any atom is -0.383 e. The summed E-state index contributed by atoms with van der Waals surface area (Å²) in [7, 11) is 1.71. The van der Waals surface area contributed by atoms with Crippen molar-refractivity contribution in [2.45, 2.75) is 39.8 Å². The number of rotatable bonds is 7. The van der Waals surface area contributed by atoms with Gasteiger partial charge in [0.2, 0.25) is 0 Å². The molecule has 1 rings (SSSR count). The number of anilines is 1. The van der Waals surface area contributed by atoms with Crippen molar-refractivity contribution in [3.63, 3.8) is 0 Å². The number of nitrogens with one attached hydrogen (secondary N) is 1. The van der Waals surface area contributed by atoms with E-state index in [1.807, 2.05) is 16.9 Å². The normalized spacial score (nSPS) is 13.1. The molecular formula is C12H23N3O. The predicted octanol–water partition coefficient (Wildman–Crippen LogP) is 2.38. The third kappa shape index (κ3) is 4.66. The Hall–Kier alpha value is -1.03. The van der Waals surface area contributed by atoms with Gasteiger partial charge in [-0.25, -0.2) is 0 Å². The molecule has 1 atom stereocenters. The Bertz CT molecular complexity index is 296. The molecule has 0 spiro atoms. The molecule has 1 heterocycles. The molecular weight excluding hydrogens is 202 g/mol. The lowest BCUT2D eigenvalue weighted by molar-refractivity contribution is 0.190. The molecule has 0 fully saturated rings. The Labute approximate surface area is 98.0 Å². The zero-order valence-electron chi connectivity index (χ0n) is 10.7. The van der Waals surface area contributed by atoms with Crippen LogP contribution >= 0.6 is 0 Å². The summed E-state index contributed by atoms with van der Waals surface area (Å²) in [5.41, 5.74) is 0. The van der Waals surface area contributed by atoms with Gasteiger partial charge in [0.05, 0.1) is 6.61 Å². The first kappa shape index (κ1) is 13.0. The van der Waals surface area contributed by atoms with Gasteiger partial charge >= 0.3 is 0 Å². The lowest BCUT2D eigenvalue weighted by Crippen LogP contribution is -2.21. The van der Waals surface area contributed by atoms with Crippen molar-refractivity contribution in [2.75, 3.05) is 19.0 Å². The molecule has 1 aromatic heterocycles. The molecule has 1 unspecified atom stereocenters. The molecule has 0 aromatic carbocycles. The van der Waals surface area contributed by atoms with E-state index >= 15 is 0 Å². The van der Waals surface area contributed by atoms with E-state index < -0.39 is 0 Å². The van der Waals surface area contributed by atoms with Crippen molar-refractivity contribution in [2.24, 2.45) is 5.92 Å². The molecule has 0 aliphatic carbocycles. The quantitative estimate of drug-likeness (QED) is 0.774. The van der Waals surface area contributed by atoms with Gasteiger partial charge in [-0.1, -0.05) is 13.8 Å². The first-order valence-electron chi connectivity index (χ1n) is 5.90. The molecule has 4 nitrogen and oxygen atoms in total. The van der Waals surface area contributed by atoms with Crippen LogP contribution in [0.3, 0.4) is 0 Å². The second-order valence-corrected chi connectivity index (χ2v) is 4.65. The highest BCUT2D eigenvalue weighted by Crippen LogP contribution is 2.07. The average molecular weight is 225 g/mol. The average Bonchev–Trinajstić information content (AvgIpc) is 2.63. The van der Waals surface area contributed by atoms with Crippen LogP contribution in [0.5, 0.6) is 0 Å². The van der Waals surface area contributed by atoms with Crippen LogP contribution < -0.4 is 5.32 Å². The van der Waals surface area contributed by atoms with Crippen LogP contribution in [0.25, 0.3) is 0 Å². The molecule has 1 aromatic rings. The summed E-state index contributed by atoms with van der Waals surface area (Å²) < 4.78 is 7.05. The molecule has 0 amide bonds. The lowest BCUT2D eigenvalue weighted by Gasteiger charge is -2.11. The molecule has 4 heteroatoms. The van der Waals surface area contributed by atoms with Gasteiger partial charge in [0.15, 0.2) is 0 Å². The summed E-state index contributed by atoms with van der Waals surface area (Å²) >= 11 is 0. The molecule has 0 radical (unpaired) electrons. The third-order valence-corrected chi connectivity index (χ3v) is 2.39. The summed E-state index contributed by atoms with van der Waals surface area (Å²) in [5.74, 6) is 1.64. The van der Waals surface area contributed by atoms with Crippen LogP contribution in [0.4, 0.5) is 5.82 Å². The molecule has 1 N–H and O–H groups in total. The van der Waals surface area contributed by atoms with Crippen molar-refractivity contribution >= 4 is 5.82 Å². The van der Waals surface area contributed by atoms with Gasteiger partial charge in [-0.2, -0.15) is 5.10 Å². The van der Waals surface area contributed by atoms with E-state index in [1.54, 1.807) is 7.11 Å². The Morgan fingerprint density at radius 2 is 2.19 bits per heavy atom. The van der Waals surface area contributed by atoms with Gasteiger partial charge in [-0.15, -0.1) is 0 Å². The van der Waals surface area contributed by atoms with E-state index in [4.69, 9.17) is 4.74 Å². The van der Waals surface area contributed by atoms with E-state index in [0.29, 0.717) is 18.6 Å². The Balaban J connectivity index is 2.39. The molecule has 16 heavy (non-hydrogen) atoms. The molecule has 0 aliphatic heterocycles. The van der Waals surface area contributed by atoms with Crippen LogP contribution in [0, 0.1) is 5.92 Å². The van der Waals surface area contributed by atoms with Gasteiger partial charge in [0.25, 0.3) is 0 Å². The van der Waals surface area contributed by atoms with Crippen LogP contribution in [0.15, 0.2) is 12.3 Å². The highest BCUT2D eigenvalue weighted by molar-refractivity contribution is 5.33. The largest absolute Gasteiger partial charge is 0.383 e. The standard InChI is InChI=1S/C12H23N3O/c1-10(2)5-7-15-8-6-12(14-15)13-11(3)9-16-4/h6,8,10-11H,5,7,9H2,1-4H3,(H,13,14). The highest BCUT2D eigenvalue weighted by Gasteiger charge is 2.04. The fourth-order valence-corrected chi connectivity index (χ4v) is 1.50. The molecule has 0 saturated carbocycles. The molecule has 0 saturated heterocycles. The van der Waals surface area contributed by atoms with Crippen molar-refractivity contribution in [1.82, 2.24) is 9.78 Å². The predicted molar refractivity (Wildman–Crippen MR) is 66.6 cm³/mol. The number of hydrogen-bond acceptors (Lipinski definition) is 3. The van der Waals surface area contributed by atoms with Gasteiger partial charge in [0, 0.05) is 32.0 Å². The number of ether oxygens (including phenoxy) is 1. The SMILES string of the molecule is COCC(C)Nc1ccn(CCC(C)C)n1. The van der Waals surface area contributed by atoms with E-state index in [1.165, 1.54) is 0 Å². The van der Waals surface area contributed by atoms with E-state index in [2.05, 4.69) is 31.2 Å². The molecule has 92 valence electrons. The van der Waals surface area contributed by atoms with Crippen molar-refractivity contribution < 1.29 is 4.74 Å². The number of methoxy groups -OCH3 is 1. The first-order valence-corrected chi connectivity index (χ1v) is 5.90. The van der Waals surface area contributed by atoms with Gasteiger partial charge < -0.3 is 10.1 Å². The molecule has 0 bridgehead atoms. The zero-order chi connectivity index (χ0) is 12.0. The van der Waals surface area contributed by atoms with Gasteiger partial charge in [-0.05, 0) is 19.3 Å². The Morgan fingerprint density at radius 3 is 2.81 bits per heavy atom. The fourth-order valence-electron chi connectivity index (χ4n) is 1.50. The summed E-state index contributed by atoms with van der Waals surface area (Å²) in [4.78, 5) is 0. The lowest BCUT2D eigenvalue weighted by atomic mass is 10.1. The summed E-state index contributed by atoms with van der Waals surface area (Å²) in [5, 5.41) is 7.75. The highest BCUT2D eigenvalue weighted by atomic mass is 16.5. The first-order chi connectivity index (χ1) is 7.61. The number of hydrogen-bond donors (Lipinski definition) is 1. The number of nitrogens with zero attached hydrogens (tertiary/aromatic N) is 2. The minimum absolute atomic E-state index is 0.290. The maximum absolute atomic E-state index is 5.06. The van der Waals surface area contributed by atoms with Crippen LogP contribution in [-0.4, -0.2) is 29.5 Å². The topological polar surface area (TPSA) is 39.1 Å². The minimum atomic E-state index is 0.290. The van der Waals surface area contributed by atoms with Crippen molar-refractivity contribution in [3.05, 3.63) is 12.3 Å². The smallest absolute Gasteiger partial charge is 0.148 e. The maximum atomic E-state index is 5.06. The Morgan fingerprint density at radius 1 is 1.44 bits per heavy atom. The summed E-state index contributed by atoms with van der Waals surface area (Å²) in [6.45, 7) is 8.21. The summed E-state index contributed by atoms with van der Waals surface area (Å²) in [6.07, 6.45) is 3.18. The molecule has 0 aliphatic rings.